The SMILES string of the molecule is O=C(c1ccccc1Cl)N(Cc1ccccc1F)N1C(=O)[C@@H]2[C@H]3C[C@@H]([C@H](Br)[C@H]3Br)[C@H]2C1=O. The first-order valence-corrected chi connectivity index (χ1v) is 12.5. The Bertz CT molecular complexity index is 1100. The average molecular weight is 585 g/mol. The molecule has 5 rings (SSSR count). The molecule has 3 fully saturated rings. The van der Waals surface area contributed by atoms with Crippen molar-refractivity contribution in [2.24, 2.45) is 23.7 Å². The van der Waals surface area contributed by atoms with Crippen molar-refractivity contribution in [1.29, 1.82) is 0 Å². The van der Waals surface area contributed by atoms with E-state index in [4.69, 9.17) is 11.6 Å². The van der Waals surface area contributed by atoms with Crippen LogP contribution >= 0.6 is 43.5 Å². The summed E-state index contributed by atoms with van der Waals surface area (Å²) in [7, 11) is 0. The Morgan fingerprint density at radius 2 is 1.56 bits per heavy atom. The lowest BCUT2D eigenvalue weighted by Gasteiger charge is -2.31. The van der Waals surface area contributed by atoms with Gasteiger partial charge in [-0.3, -0.25) is 14.4 Å². The highest BCUT2D eigenvalue weighted by Gasteiger charge is 2.67. The molecule has 0 unspecified atom stereocenters. The van der Waals surface area contributed by atoms with Crippen LogP contribution in [0, 0.1) is 29.5 Å². The van der Waals surface area contributed by atoms with E-state index in [1.807, 2.05) is 0 Å². The molecule has 5 nitrogen and oxygen atoms in total. The summed E-state index contributed by atoms with van der Waals surface area (Å²) in [5, 5.41) is 2.18. The third-order valence-corrected chi connectivity index (χ3v) is 10.4. The molecule has 2 aromatic rings. The van der Waals surface area contributed by atoms with Gasteiger partial charge in [0.15, 0.2) is 0 Å². The third-order valence-electron chi connectivity index (χ3n) is 6.82. The van der Waals surface area contributed by atoms with Crippen LogP contribution in [0.1, 0.15) is 22.3 Å². The van der Waals surface area contributed by atoms with Crippen LogP contribution in [0.25, 0.3) is 0 Å². The van der Waals surface area contributed by atoms with Gasteiger partial charge in [-0.15, -0.1) is 0 Å². The van der Waals surface area contributed by atoms with E-state index in [1.54, 1.807) is 30.3 Å². The summed E-state index contributed by atoms with van der Waals surface area (Å²) < 4.78 is 14.5. The summed E-state index contributed by atoms with van der Waals surface area (Å²) in [5.74, 6) is -2.95. The number of rotatable bonds is 4. The molecule has 9 heteroatoms. The zero-order valence-corrected chi connectivity index (χ0v) is 20.6. The first kappa shape index (κ1) is 22.0. The molecule has 32 heavy (non-hydrogen) atoms. The van der Waals surface area contributed by atoms with Crippen LogP contribution in [0.4, 0.5) is 4.39 Å². The molecule has 0 N–H and O–H groups in total. The Labute approximate surface area is 206 Å². The maximum absolute atomic E-state index is 14.5. The number of imide groups is 1. The van der Waals surface area contributed by atoms with Crippen molar-refractivity contribution in [3.8, 4) is 0 Å². The zero-order chi connectivity index (χ0) is 22.7. The average Bonchev–Trinajstić information content (AvgIpc) is 3.38. The quantitative estimate of drug-likeness (QED) is 0.383. The monoisotopic (exact) mass is 582 g/mol. The molecular weight excluding hydrogens is 567 g/mol. The zero-order valence-electron chi connectivity index (χ0n) is 16.6. The number of hydrazine groups is 1. The first-order valence-electron chi connectivity index (χ1n) is 10.3. The van der Waals surface area contributed by atoms with Crippen molar-refractivity contribution in [1.82, 2.24) is 10.0 Å². The van der Waals surface area contributed by atoms with Crippen LogP contribution < -0.4 is 0 Å². The number of amides is 3. The fraction of sp³-hybridized carbons (Fsp3) is 0.348. The van der Waals surface area contributed by atoms with E-state index < -0.39 is 35.4 Å². The fourth-order valence-electron chi connectivity index (χ4n) is 5.37. The fourth-order valence-corrected chi connectivity index (χ4v) is 7.46. The minimum absolute atomic E-state index is 0.00144. The molecule has 2 aromatic carbocycles. The van der Waals surface area contributed by atoms with Gasteiger partial charge in [0.25, 0.3) is 17.7 Å². The second-order valence-corrected chi connectivity index (χ2v) is 10.9. The van der Waals surface area contributed by atoms with E-state index in [9.17, 15) is 18.8 Å². The van der Waals surface area contributed by atoms with Gasteiger partial charge < -0.3 is 0 Å². The van der Waals surface area contributed by atoms with Crippen molar-refractivity contribution in [3.05, 3.63) is 70.5 Å². The molecule has 1 saturated heterocycles. The maximum Gasteiger partial charge on any atom is 0.274 e. The summed E-state index contributed by atoms with van der Waals surface area (Å²) in [6.07, 6.45) is 0.776. The topological polar surface area (TPSA) is 57.7 Å². The lowest BCUT2D eigenvalue weighted by atomic mass is 9.81. The van der Waals surface area contributed by atoms with Crippen LogP contribution in [0.15, 0.2) is 48.5 Å². The van der Waals surface area contributed by atoms with Crippen LogP contribution in [-0.2, 0) is 16.1 Å². The number of fused-ring (bicyclic) bond motifs is 5. The van der Waals surface area contributed by atoms with E-state index >= 15 is 0 Å². The number of hydrogen-bond donors (Lipinski definition) is 0. The van der Waals surface area contributed by atoms with E-state index in [-0.39, 0.29) is 44.2 Å². The minimum Gasteiger partial charge on any atom is -0.272 e. The Balaban J connectivity index is 1.56. The van der Waals surface area contributed by atoms with Gasteiger partial charge in [-0.1, -0.05) is 73.8 Å². The molecule has 0 spiro atoms. The van der Waals surface area contributed by atoms with Gasteiger partial charge in [-0.05, 0) is 36.5 Å². The van der Waals surface area contributed by atoms with Crippen molar-refractivity contribution < 1.29 is 18.8 Å². The number of carbonyl (C=O) groups is 3. The van der Waals surface area contributed by atoms with Gasteiger partial charge in [0.2, 0.25) is 0 Å². The molecule has 2 aliphatic carbocycles. The highest BCUT2D eigenvalue weighted by molar-refractivity contribution is 9.12. The van der Waals surface area contributed by atoms with Crippen molar-refractivity contribution in [2.75, 3.05) is 0 Å². The largest absolute Gasteiger partial charge is 0.274 e. The van der Waals surface area contributed by atoms with Crippen LogP contribution in [0.3, 0.4) is 0 Å². The molecule has 3 aliphatic rings. The number of nitrogens with zero attached hydrogens (tertiary/aromatic N) is 2. The number of halogens is 4. The van der Waals surface area contributed by atoms with E-state index in [2.05, 4.69) is 31.9 Å². The Morgan fingerprint density at radius 3 is 2.16 bits per heavy atom. The van der Waals surface area contributed by atoms with Crippen molar-refractivity contribution in [3.63, 3.8) is 0 Å². The molecule has 0 radical (unpaired) electrons. The number of carbonyl (C=O) groups excluding carboxylic acids is 3. The normalized spacial score (nSPS) is 30.7. The lowest BCUT2D eigenvalue weighted by molar-refractivity contribution is -0.156. The molecule has 1 heterocycles. The van der Waals surface area contributed by atoms with E-state index in [1.165, 1.54) is 18.2 Å². The molecular formula is C23H18Br2ClFN2O3. The first-order chi connectivity index (χ1) is 15.3. The number of hydrogen-bond acceptors (Lipinski definition) is 3. The van der Waals surface area contributed by atoms with Gasteiger partial charge in [0, 0.05) is 15.2 Å². The molecule has 2 saturated carbocycles. The highest BCUT2D eigenvalue weighted by atomic mass is 79.9. The summed E-state index contributed by atoms with van der Waals surface area (Å²) in [6.45, 7) is -0.265. The maximum atomic E-state index is 14.5. The molecule has 2 bridgehead atoms. The van der Waals surface area contributed by atoms with Crippen LogP contribution in [-0.4, -0.2) is 37.4 Å². The molecule has 166 valence electrons. The standard InChI is InChI=1S/C23H18Br2ClFN2O3/c24-19-13-9-14(20(19)25)18-17(13)22(31)29(23(18)32)28(10-11-5-1-4-8-16(11)27)21(30)12-6-2-3-7-15(12)26/h1-8,13-14,17-20H,9-10H2/t13-,14-,17-,18-,19+,20+/m1/s1. The summed E-state index contributed by atoms with van der Waals surface area (Å²) >= 11 is 13.6. The molecule has 0 aromatic heterocycles. The van der Waals surface area contributed by atoms with Crippen molar-refractivity contribution >= 4 is 61.2 Å². The number of benzene rings is 2. The summed E-state index contributed by atoms with van der Waals surface area (Å²) in [5.41, 5.74) is 0.341. The summed E-state index contributed by atoms with van der Waals surface area (Å²) in [4.78, 5) is 40.7. The van der Waals surface area contributed by atoms with Gasteiger partial charge in [-0.2, -0.15) is 5.01 Å². The van der Waals surface area contributed by atoms with Crippen LogP contribution in [0.2, 0.25) is 5.02 Å². The van der Waals surface area contributed by atoms with Crippen LogP contribution in [0.5, 0.6) is 0 Å². The Kier molecular flexibility index (Phi) is 5.66. The molecule has 1 aliphatic heterocycles. The molecule has 6 atom stereocenters. The minimum atomic E-state index is -0.626. The van der Waals surface area contributed by atoms with E-state index in [0.29, 0.717) is 0 Å². The predicted molar refractivity (Wildman–Crippen MR) is 124 cm³/mol. The van der Waals surface area contributed by atoms with Gasteiger partial charge in [0.05, 0.1) is 29.0 Å². The van der Waals surface area contributed by atoms with Gasteiger partial charge in [-0.25, -0.2) is 9.40 Å². The smallest absolute Gasteiger partial charge is 0.272 e. The Hall–Kier alpha value is -1.77. The van der Waals surface area contributed by atoms with E-state index in [0.717, 1.165) is 16.4 Å². The van der Waals surface area contributed by atoms with Crippen molar-refractivity contribution in [2.45, 2.75) is 22.6 Å². The van der Waals surface area contributed by atoms with Gasteiger partial charge in [0.1, 0.15) is 5.82 Å². The lowest BCUT2D eigenvalue weighted by Crippen LogP contribution is -2.50. The third kappa shape index (κ3) is 3.25. The summed E-state index contributed by atoms with van der Waals surface area (Å²) in [6, 6.07) is 12.4. The Morgan fingerprint density at radius 1 is 1.00 bits per heavy atom. The number of alkyl halides is 2. The second-order valence-electron chi connectivity index (χ2n) is 8.43. The highest BCUT2D eigenvalue weighted by Crippen LogP contribution is 2.60. The second kappa shape index (κ2) is 8.22. The van der Waals surface area contributed by atoms with Gasteiger partial charge >= 0.3 is 0 Å². The predicted octanol–water partition coefficient (Wildman–Crippen LogP) is 4.81. The molecule has 3 amide bonds.